The lowest BCUT2D eigenvalue weighted by Crippen LogP contribution is -2.37. The van der Waals surface area contributed by atoms with E-state index in [4.69, 9.17) is 10.8 Å². The van der Waals surface area contributed by atoms with Crippen LogP contribution >= 0.6 is 0 Å². The quantitative estimate of drug-likeness (QED) is 0.428. The standard InChI is InChI=1S/C26H25N3O2/c27-24(25(30)31)17-16-23-18-29(19-28-23)26(20-10-4-1-5-11-20,21-12-6-2-7-13-21)22-14-8-3-9-15-22/h1-15,18-19,24H,16-17,27H2,(H,30,31)/t24-/m0/s1. The lowest BCUT2D eigenvalue weighted by molar-refractivity contribution is -0.138. The Bertz CT molecular complexity index is 1030. The van der Waals surface area contributed by atoms with E-state index in [-0.39, 0.29) is 0 Å². The van der Waals surface area contributed by atoms with Gasteiger partial charge in [0.25, 0.3) is 0 Å². The van der Waals surface area contributed by atoms with Crippen LogP contribution < -0.4 is 5.73 Å². The number of aryl methyl sites for hydroxylation is 1. The van der Waals surface area contributed by atoms with Gasteiger partial charge in [0.05, 0.1) is 12.0 Å². The Kier molecular flexibility index (Phi) is 5.96. The zero-order valence-corrected chi connectivity index (χ0v) is 17.1. The number of hydrogen-bond acceptors (Lipinski definition) is 3. The predicted octanol–water partition coefficient (Wildman–Crippen LogP) is 4.07. The molecule has 0 aliphatic heterocycles. The summed E-state index contributed by atoms with van der Waals surface area (Å²) in [4.78, 5) is 15.7. The van der Waals surface area contributed by atoms with Gasteiger partial charge in [0, 0.05) is 6.20 Å². The highest BCUT2D eigenvalue weighted by Gasteiger charge is 2.38. The van der Waals surface area contributed by atoms with Crippen molar-refractivity contribution in [3.05, 3.63) is 126 Å². The molecule has 1 atom stereocenters. The van der Waals surface area contributed by atoms with Gasteiger partial charge in [0.2, 0.25) is 0 Å². The number of carbonyl (C=O) groups is 1. The molecule has 156 valence electrons. The lowest BCUT2D eigenvalue weighted by atomic mass is 9.77. The summed E-state index contributed by atoms with van der Waals surface area (Å²) < 4.78 is 2.12. The Morgan fingerprint density at radius 1 is 0.871 bits per heavy atom. The number of aromatic nitrogens is 2. The second-order valence-corrected chi connectivity index (χ2v) is 7.56. The fourth-order valence-corrected chi connectivity index (χ4v) is 4.09. The highest BCUT2D eigenvalue weighted by Crippen LogP contribution is 2.40. The second-order valence-electron chi connectivity index (χ2n) is 7.56. The molecule has 4 aromatic rings. The van der Waals surface area contributed by atoms with Crippen molar-refractivity contribution in [2.24, 2.45) is 5.73 Å². The molecule has 3 N–H and O–H groups in total. The number of benzene rings is 3. The summed E-state index contributed by atoms with van der Waals surface area (Å²) in [6.07, 6.45) is 4.66. The summed E-state index contributed by atoms with van der Waals surface area (Å²) in [6.45, 7) is 0. The molecule has 0 bridgehead atoms. The van der Waals surface area contributed by atoms with Gasteiger partial charge in [-0.25, -0.2) is 4.98 Å². The molecule has 5 heteroatoms. The third kappa shape index (κ3) is 4.00. The number of hydrogen-bond donors (Lipinski definition) is 2. The van der Waals surface area contributed by atoms with Crippen molar-refractivity contribution in [2.75, 3.05) is 0 Å². The minimum atomic E-state index is -0.994. The molecule has 4 rings (SSSR count). The minimum Gasteiger partial charge on any atom is -0.480 e. The SMILES string of the molecule is N[C@@H](CCc1cn(C(c2ccccc2)(c2ccccc2)c2ccccc2)cn1)C(=O)O. The molecular formula is C26H25N3O2. The van der Waals surface area contributed by atoms with Crippen molar-refractivity contribution in [3.8, 4) is 0 Å². The van der Waals surface area contributed by atoms with Crippen LogP contribution in [-0.4, -0.2) is 26.7 Å². The zero-order chi connectivity index (χ0) is 21.7. The van der Waals surface area contributed by atoms with Crippen LogP contribution in [0.15, 0.2) is 104 Å². The lowest BCUT2D eigenvalue weighted by Gasteiger charge is -2.37. The summed E-state index contributed by atoms with van der Waals surface area (Å²) in [7, 11) is 0. The van der Waals surface area contributed by atoms with Crippen LogP contribution in [0.3, 0.4) is 0 Å². The molecule has 0 saturated heterocycles. The van der Waals surface area contributed by atoms with Gasteiger partial charge in [-0.15, -0.1) is 0 Å². The Morgan fingerprint density at radius 2 is 1.32 bits per heavy atom. The first-order valence-electron chi connectivity index (χ1n) is 10.3. The summed E-state index contributed by atoms with van der Waals surface area (Å²) in [5.74, 6) is -0.994. The van der Waals surface area contributed by atoms with Gasteiger partial charge in [-0.05, 0) is 29.5 Å². The molecule has 0 spiro atoms. The Balaban J connectivity index is 1.89. The Hall–Kier alpha value is -3.70. The molecule has 0 fully saturated rings. The molecule has 0 aliphatic rings. The van der Waals surface area contributed by atoms with Gasteiger partial charge in [0.15, 0.2) is 0 Å². The number of aliphatic carboxylic acids is 1. The maximum Gasteiger partial charge on any atom is 0.320 e. The van der Waals surface area contributed by atoms with Crippen LogP contribution in [0.4, 0.5) is 0 Å². The fraction of sp³-hybridized carbons (Fsp3) is 0.154. The number of nitrogens with zero attached hydrogens (tertiary/aromatic N) is 2. The van der Waals surface area contributed by atoms with Crippen molar-refractivity contribution in [1.29, 1.82) is 0 Å². The average Bonchev–Trinajstić information content (AvgIpc) is 3.29. The van der Waals surface area contributed by atoms with E-state index in [9.17, 15) is 4.79 Å². The highest BCUT2D eigenvalue weighted by molar-refractivity contribution is 5.73. The predicted molar refractivity (Wildman–Crippen MR) is 121 cm³/mol. The van der Waals surface area contributed by atoms with Crippen LogP contribution in [0.2, 0.25) is 0 Å². The number of nitrogens with two attached hydrogens (primary N) is 1. The third-order valence-electron chi connectivity index (χ3n) is 5.63. The number of rotatable bonds is 8. The molecule has 1 aromatic heterocycles. The first kappa shape index (κ1) is 20.6. The van der Waals surface area contributed by atoms with Gasteiger partial charge in [0.1, 0.15) is 11.6 Å². The molecule has 5 nitrogen and oxygen atoms in total. The van der Waals surface area contributed by atoms with Crippen molar-refractivity contribution >= 4 is 5.97 Å². The molecule has 0 saturated carbocycles. The molecule has 0 radical (unpaired) electrons. The van der Waals surface area contributed by atoms with Crippen LogP contribution in [0.5, 0.6) is 0 Å². The maximum absolute atomic E-state index is 11.1. The highest BCUT2D eigenvalue weighted by atomic mass is 16.4. The smallest absolute Gasteiger partial charge is 0.320 e. The van der Waals surface area contributed by atoms with Crippen LogP contribution in [0, 0.1) is 0 Å². The van der Waals surface area contributed by atoms with Crippen LogP contribution in [0.25, 0.3) is 0 Å². The van der Waals surface area contributed by atoms with E-state index in [1.807, 2.05) is 67.1 Å². The zero-order valence-electron chi connectivity index (χ0n) is 17.1. The number of carboxylic acids is 1. The van der Waals surface area contributed by atoms with Gasteiger partial charge in [-0.2, -0.15) is 0 Å². The summed E-state index contributed by atoms with van der Waals surface area (Å²) in [5.41, 5.74) is 9.21. The second kappa shape index (κ2) is 8.98. The van der Waals surface area contributed by atoms with E-state index < -0.39 is 17.6 Å². The average molecular weight is 412 g/mol. The third-order valence-corrected chi connectivity index (χ3v) is 5.63. The summed E-state index contributed by atoms with van der Waals surface area (Å²) in [5, 5.41) is 9.09. The van der Waals surface area contributed by atoms with Crippen molar-refractivity contribution < 1.29 is 9.90 Å². The van der Waals surface area contributed by atoms with E-state index >= 15 is 0 Å². The molecule has 0 amide bonds. The molecular weight excluding hydrogens is 386 g/mol. The van der Waals surface area contributed by atoms with Crippen LogP contribution in [0.1, 0.15) is 28.8 Å². The molecule has 0 unspecified atom stereocenters. The Morgan fingerprint density at radius 3 is 1.74 bits per heavy atom. The molecule has 1 heterocycles. The van der Waals surface area contributed by atoms with E-state index in [0.717, 1.165) is 22.4 Å². The van der Waals surface area contributed by atoms with Crippen molar-refractivity contribution in [1.82, 2.24) is 9.55 Å². The molecule has 0 aliphatic carbocycles. The first-order chi connectivity index (χ1) is 15.1. The van der Waals surface area contributed by atoms with E-state index in [1.54, 1.807) is 0 Å². The summed E-state index contributed by atoms with van der Waals surface area (Å²) >= 11 is 0. The topological polar surface area (TPSA) is 81.1 Å². The Labute approximate surface area is 181 Å². The molecule has 3 aromatic carbocycles. The largest absolute Gasteiger partial charge is 0.480 e. The van der Waals surface area contributed by atoms with Gasteiger partial charge in [-0.1, -0.05) is 91.0 Å². The van der Waals surface area contributed by atoms with Gasteiger partial charge in [-0.3, -0.25) is 4.79 Å². The van der Waals surface area contributed by atoms with E-state index in [0.29, 0.717) is 12.8 Å². The number of carboxylic acid groups (broad SMARTS) is 1. The van der Waals surface area contributed by atoms with Gasteiger partial charge < -0.3 is 15.4 Å². The van der Waals surface area contributed by atoms with Gasteiger partial charge >= 0.3 is 5.97 Å². The normalized spacial score (nSPS) is 12.4. The van der Waals surface area contributed by atoms with E-state index in [1.165, 1.54) is 0 Å². The summed E-state index contributed by atoms with van der Waals surface area (Å²) in [6, 6.07) is 30.1. The van der Waals surface area contributed by atoms with Crippen molar-refractivity contribution in [3.63, 3.8) is 0 Å². The van der Waals surface area contributed by atoms with E-state index in [2.05, 4.69) is 45.9 Å². The molecule has 31 heavy (non-hydrogen) atoms. The number of imidazole rings is 1. The maximum atomic E-state index is 11.1. The monoisotopic (exact) mass is 411 g/mol. The van der Waals surface area contributed by atoms with Crippen LogP contribution in [-0.2, 0) is 16.8 Å². The minimum absolute atomic E-state index is 0.335. The first-order valence-corrected chi connectivity index (χ1v) is 10.3. The fourth-order valence-electron chi connectivity index (χ4n) is 4.09. The van der Waals surface area contributed by atoms with Crippen molar-refractivity contribution in [2.45, 2.75) is 24.4 Å².